The molecule has 0 bridgehead atoms. The molecule has 1 aromatic carbocycles. The summed E-state index contributed by atoms with van der Waals surface area (Å²) in [5.74, 6) is 0.640. The predicted molar refractivity (Wildman–Crippen MR) is 126 cm³/mol. The van der Waals surface area contributed by atoms with Crippen molar-refractivity contribution in [3.63, 3.8) is 0 Å². The maximum atomic E-state index is 12.3. The van der Waals surface area contributed by atoms with E-state index in [-0.39, 0.29) is 11.8 Å². The number of amides is 1. The lowest BCUT2D eigenvalue weighted by atomic mass is 9.84. The zero-order chi connectivity index (χ0) is 23.5. The lowest BCUT2D eigenvalue weighted by Crippen LogP contribution is -2.46. The molecule has 5 rings (SSSR count). The number of aromatic nitrogens is 5. The van der Waals surface area contributed by atoms with Gasteiger partial charge in [0.25, 0.3) is 0 Å². The summed E-state index contributed by atoms with van der Waals surface area (Å²) in [6.45, 7) is 2.84. The molecule has 1 saturated heterocycles. The lowest BCUT2D eigenvalue weighted by Gasteiger charge is -2.40. The van der Waals surface area contributed by atoms with Crippen LogP contribution in [0.2, 0.25) is 0 Å². The van der Waals surface area contributed by atoms with Crippen LogP contribution in [0.15, 0.2) is 42.9 Å². The number of carbonyl (C=O) groups is 1. The fourth-order valence-electron chi connectivity index (χ4n) is 4.57. The van der Waals surface area contributed by atoms with Crippen LogP contribution in [-0.2, 0) is 23.4 Å². The van der Waals surface area contributed by atoms with Crippen LogP contribution in [0.3, 0.4) is 0 Å². The SMILES string of the molecule is N#CCC1(n2cc(CN)c(NC(=O)C3CC3)n2)CCN(Cc2ccc(-n3nccn3)cc2)CC1. The standard InChI is InChI=1S/C24H29N9O/c25-10-7-24(32-17-20(15-26)22(30-32)29-23(34)19-3-4-19)8-13-31(14-9-24)16-18-1-5-21(6-2-18)33-27-11-12-28-33/h1-2,5-6,11-12,17,19H,3-4,7-9,13-16,26H2,(H,29,30,34). The van der Waals surface area contributed by atoms with E-state index in [9.17, 15) is 10.1 Å². The molecule has 1 saturated carbocycles. The Balaban J connectivity index is 1.26. The van der Waals surface area contributed by atoms with Crippen LogP contribution in [0.5, 0.6) is 0 Å². The van der Waals surface area contributed by atoms with Crippen molar-refractivity contribution in [1.82, 2.24) is 29.7 Å². The van der Waals surface area contributed by atoms with Crippen molar-refractivity contribution >= 4 is 11.7 Å². The van der Waals surface area contributed by atoms with Crippen LogP contribution < -0.4 is 11.1 Å². The van der Waals surface area contributed by atoms with Crippen LogP contribution in [0, 0.1) is 17.2 Å². The van der Waals surface area contributed by atoms with E-state index in [2.05, 4.69) is 38.6 Å². The van der Waals surface area contributed by atoms with Gasteiger partial charge in [-0.15, -0.1) is 0 Å². The van der Waals surface area contributed by atoms with Crippen molar-refractivity contribution in [2.24, 2.45) is 11.7 Å². The summed E-state index contributed by atoms with van der Waals surface area (Å²) in [6.07, 6.45) is 9.08. The number of hydrogen-bond acceptors (Lipinski definition) is 7. The first-order valence-electron chi connectivity index (χ1n) is 11.7. The minimum atomic E-state index is -0.395. The lowest BCUT2D eigenvalue weighted by molar-refractivity contribution is -0.117. The van der Waals surface area contributed by atoms with Gasteiger partial charge in [0.15, 0.2) is 5.82 Å². The van der Waals surface area contributed by atoms with Gasteiger partial charge in [-0.25, -0.2) is 0 Å². The molecule has 1 amide bonds. The van der Waals surface area contributed by atoms with Crippen LogP contribution >= 0.6 is 0 Å². The third-order valence-electron chi connectivity index (χ3n) is 6.87. The first-order valence-corrected chi connectivity index (χ1v) is 11.7. The molecule has 0 atom stereocenters. The van der Waals surface area contributed by atoms with E-state index in [1.807, 2.05) is 23.0 Å². The van der Waals surface area contributed by atoms with Crippen LogP contribution in [0.25, 0.3) is 5.69 Å². The molecule has 3 heterocycles. The van der Waals surface area contributed by atoms with E-state index >= 15 is 0 Å². The molecule has 2 aromatic heterocycles. The number of anilines is 1. The maximum absolute atomic E-state index is 12.3. The Morgan fingerprint density at radius 2 is 1.88 bits per heavy atom. The third-order valence-corrected chi connectivity index (χ3v) is 6.87. The Labute approximate surface area is 198 Å². The number of nitrogens with zero attached hydrogens (tertiary/aromatic N) is 7. The molecule has 2 aliphatic rings. The zero-order valence-electron chi connectivity index (χ0n) is 19.1. The summed E-state index contributed by atoms with van der Waals surface area (Å²) in [7, 11) is 0. The number of nitriles is 1. The molecule has 2 fully saturated rings. The highest BCUT2D eigenvalue weighted by Crippen LogP contribution is 2.36. The van der Waals surface area contributed by atoms with E-state index in [4.69, 9.17) is 10.8 Å². The highest BCUT2D eigenvalue weighted by molar-refractivity contribution is 5.93. The Morgan fingerprint density at radius 1 is 1.18 bits per heavy atom. The van der Waals surface area contributed by atoms with E-state index in [1.165, 1.54) is 5.56 Å². The van der Waals surface area contributed by atoms with Crippen LogP contribution in [0.4, 0.5) is 5.82 Å². The summed E-state index contributed by atoms with van der Waals surface area (Å²) in [5, 5.41) is 25.6. The van der Waals surface area contributed by atoms with Gasteiger partial charge in [-0.2, -0.15) is 25.4 Å². The second-order valence-electron chi connectivity index (χ2n) is 9.24. The predicted octanol–water partition coefficient (Wildman–Crippen LogP) is 2.18. The summed E-state index contributed by atoms with van der Waals surface area (Å²) < 4.78 is 1.89. The molecule has 10 nitrogen and oxygen atoms in total. The van der Waals surface area contributed by atoms with Crippen molar-refractivity contribution in [2.75, 3.05) is 18.4 Å². The number of rotatable bonds is 8. The van der Waals surface area contributed by atoms with Gasteiger partial charge in [0.05, 0.1) is 36.1 Å². The second-order valence-corrected chi connectivity index (χ2v) is 9.24. The number of benzene rings is 1. The number of piperidine rings is 1. The Morgan fingerprint density at radius 3 is 2.50 bits per heavy atom. The van der Waals surface area contributed by atoms with Gasteiger partial charge in [0, 0.05) is 43.9 Å². The summed E-state index contributed by atoms with van der Waals surface area (Å²) in [6, 6.07) is 10.6. The van der Waals surface area contributed by atoms with Crippen LogP contribution in [0.1, 0.15) is 43.2 Å². The van der Waals surface area contributed by atoms with Crippen LogP contribution in [-0.4, -0.2) is 48.7 Å². The molecule has 3 aromatic rings. The number of nitrogens with one attached hydrogen (secondary N) is 1. The van der Waals surface area contributed by atoms with Gasteiger partial charge in [0.1, 0.15) is 0 Å². The van der Waals surface area contributed by atoms with E-state index in [1.54, 1.807) is 17.2 Å². The molecule has 1 aliphatic heterocycles. The minimum Gasteiger partial charge on any atom is -0.326 e. The zero-order valence-corrected chi connectivity index (χ0v) is 19.1. The van der Waals surface area contributed by atoms with Crippen molar-refractivity contribution in [1.29, 1.82) is 5.26 Å². The largest absolute Gasteiger partial charge is 0.326 e. The number of carbonyl (C=O) groups excluding carboxylic acids is 1. The fourth-order valence-corrected chi connectivity index (χ4v) is 4.57. The van der Waals surface area contributed by atoms with Gasteiger partial charge < -0.3 is 11.1 Å². The van der Waals surface area contributed by atoms with Gasteiger partial charge >= 0.3 is 0 Å². The molecule has 3 N–H and O–H groups in total. The molecular formula is C24H29N9O. The third kappa shape index (κ3) is 4.58. The average molecular weight is 460 g/mol. The first-order chi connectivity index (χ1) is 16.6. The van der Waals surface area contributed by atoms with Gasteiger partial charge in [-0.1, -0.05) is 12.1 Å². The fraction of sp³-hybridized carbons (Fsp3) is 0.458. The summed E-state index contributed by atoms with van der Waals surface area (Å²) >= 11 is 0. The van der Waals surface area contributed by atoms with Crippen molar-refractivity contribution < 1.29 is 4.79 Å². The van der Waals surface area contributed by atoms with E-state index in [0.29, 0.717) is 18.8 Å². The normalized spacial score (nSPS) is 17.9. The minimum absolute atomic E-state index is 0.0125. The van der Waals surface area contributed by atoms with Crippen molar-refractivity contribution in [3.8, 4) is 11.8 Å². The van der Waals surface area contributed by atoms with Gasteiger partial charge in [0.2, 0.25) is 5.91 Å². The van der Waals surface area contributed by atoms with Crippen molar-refractivity contribution in [3.05, 3.63) is 54.0 Å². The van der Waals surface area contributed by atoms with Gasteiger partial charge in [-0.3, -0.25) is 14.4 Å². The first kappa shape index (κ1) is 22.3. The van der Waals surface area contributed by atoms with Crippen molar-refractivity contribution in [2.45, 2.75) is 50.7 Å². The number of likely N-dealkylation sites (tertiary alicyclic amines) is 1. The highest BCUT2D eigenvalue weighted by Gasteiger charge is 2.38. The molecular weight excluding hydrogens is 430 g/mol. The smallest absolute Gasteiger partial charge is 0.228 e. The monoisotopic (exact) mass is 459 g/mol. The Kier molecular flexibility index (Phi) is 6.13. The van der Waals surface area contributed by atoms with E-state index < -0.39 is 5.54 Å². The van der Waals surface area contributed by atoms with E-state index in [0.717, 1.165) is 56.6 Å². The topological polar surface area (TPSA) is 131 Å². The molecule has 0 spiro atoms. The maximum Gasteiger partial charge on any atom is 0.228 e. The average Bonchev–Trinajstić information content (AvgIpc) is 3.41. The summed E-state index contributed by atoms with van der Waals surface area (Å²) in [5.41, 5.74) is 8.50. The molecule has 34 heavy (non-hydrogen) atoms. The van der Waals surface area contributed by atoms with Gasteiger partial charge in [-0.05, 0) is 43.4 Å². The number of nitrogens with two attached hydrogens (primary N) is 1. The molecule has 1 aliphatic carbocycles. The summed E-state index contributed by atoms with van der Waals surface area (Å²) in [4.78, 5) is 16.3. The molecule has 0 unspecified atom stereocenters. The highest BCUT2D eigenvalue weighted by atomic mass is 16.2. The Bertz CT molecular complexity index is 1160. The number of hydrogen-bond donors (Lipinski definition) is 2. The quantitative estimate of drug-likeness (QED) is 0.528. The molecule has 10 heteroatoms. The Hall–Kier alpha value is -3.55. The molecule has 0 radical (unpaired) electrons. The second kappa shape index (κ2) is 9.37. The molecule has 176 valence electrons.